The fourth-order valence-electron chi connectivity index (χ4n) is 4.89. The van der Waals surface area contributed by atoms with E-state index in [1.54, 1.807) is 0 Å². The van der Waals surface area contributed by atoms with Gasteiger partial charge in [0.05, 0.1) is 24.1 Å². The predicted octanol–water partition coefficient (Wildman–Crippen LogP) is 3.36. The molecule has 3 aliphatic rings. The van der Waals surface area contributed by atoms with Crippen LogP contribution < -0.4 is 15.1 Å². The first-order chi connectivity index (χ1) is 13.8. The minimum absolute atomic E-state index is 0. The van der Waals surface area contributed by atoms with Gasteiger partial charge in [-0.1, -0.05) is 6.92 Å². The fraction of sp³-hybridized carbons (Fsp3) is 0.524. The molecular weight excluding hydrogens is 471 g/mol. The predicted molar refractivity (Wildman–Crippen MR) is 103 cm³/mol. The van der Waals surface area contributed by atoms with Crippen LogP contribution in [-0.4, -0.2) is 42.0 Å². The number of benzene rings is 1. The number of hydrogen-bond donors (Lipinski definition) is 1. The molecule has 3 fully saturated rings. The summed E-state index contributed by atoms with van der Waals surface area (Å²) in [6.45, 7) is 3.54. The first kappa shape index (κ1) is 21.7. The number of hydrogen-bond acceptors (Lipinski definition) is 4. The number of carboxylic acid groups (broad SMARTS) is 1. The van der Waals surface area contributed by atoms with Crippen molar-refractivity contribution in [1.29, 1.82) is 0 Å². The van der Waals surface area contributed by atoms with Crippen LogP contribution in [0.4, 0.5) is 14.5 Å². The van der Waals surface area contributed by atoms with E-state index in [0.29, 0.717) is 19.0 Å². The number of aromatic carboxylic acids is 1. The Morgan fingerprint density at radius 2 is 2.03 bits per heavy atom. The van der Waals surface area contributed by atoms with Crippen molar-refractivity contribution in [1.82, 2.24) is 4.57 Å². The Bertz CT molecular complexity index is 1110. The summed E-state index contributed by atoms with van der Waals surface area (Å²) in [7, 11) is 1.39. The van der Waals surface area contributed by atoms with Crippen molar-refractivity contribution in [3.8, 4) is 5.75 Å². The average molecular weight is 493 g/mol. The summed E-state index contributed by atoms with van der Waals surface area (Å²) in [5, 5.41) is 9.29. The van der Waals surface area contributed by atoms with Crippen LogP contribution in [-0.2, 0) is 32.7 Å². The van der Waals surface area contributed by atoms with Gasteiger partial charge in [0.25, 0.3) is 0 Å². The second kappa shape index (κ2) is 7.26. The third-order valence-corrected chi connectivity index (χ3v) is 6.92. The van der Waals surface area contributed by atoms with Crippen LogP contribution in [0.1, 0.15) is 42.6 Å². The van der Waals surface area contributed by atoms with Crippen molar-refractivity contribution in [2.75, 3.05) is 25.1 Å². The molecule has 3 atom stereocenters. The quantitative estimate of drug-likeness (QED) is 0.708. The second-order valence-corrected chi connectivity index (χ2v) is 8.68. The number of halogens is 2. The monoisotopic (exact) mass is 493 g/mol. The first-order valence-electron chi connectivity index (χ1n) is 9.85. The largest absolute Gasteiger partial charge is 0.492 e. The van der Waals surface area contributed by atoms with Crippen LogP contribution >= 0.6 is 0 Å². The second-order valence-electron chi connectivity index (χ2n) is 8.68. The molecule has 1 aromatic carbocycles. The molecule has 157 valence electrons. The van der Waals surface area contributed by atoms with Gasteiger partial charge >= 0.3 is 5.97 Å². The Hall–Kier alpha value is -1.54. The molecule has 2 heterocycles. The van der Waals surface area contributed by atoms with Gasteiger partial charge in [-0.15, -0.1) is 0 Å². The molecule has 0 amide bonds. The Kier molecular flexibility index (Phi) is 5.25. The molecule has 1 aromatic heterocycles. The molecule has 1 N–H and O–H groups in total. The van der Waals surface area contributed by atoms with Crippen LogP contribution in [0.15, 0.2) is 17.1 Å². The van der Waals surface area contributed by atoms with E-state index in [9.17, 15) is 19.1 Å². The Balaban J connectivity index is 0.00000218. The van der Waals surface area contributed by atoms with E-state index >= 15 is 4.39 Å². The van der Waals surface area contributed by atoms with E-state index in [0.717, 1.165) is 25.1 Å². The molecule has 1 aliphatic heterocycles. The maximum atomic E-state index is 15.3. The van der Waals surface area contributed by atoms with Gasteiger partial charge in [0, 0.05) is 58.4 Å². The third kappa shape index (κ3) is 3.09. The smallest absolute Gasteiger partial charge is 0.341 e. The minimum atomic E-state index is -1.42. The molecule has 1 radical (unpaired) electrons. The standard InChI is InChI=1S/C21H22F2N2O4.Y/c1-10-7-24(9-21(10)3-4-21)17-14(23)5-11-16(19(17)29-2)25(15-6-13(15)22)8-12(18(11)26)20(27)28;/h5,8,10,13,15H,3-4,6-7,9H2,1-2H3,(H,27,28);/t10-,13+,15-;/m1./s1. The van der Waals surface area contributed by atoms with E-state index in [1.807, 2.05) is 4.90 Å². The molecule has 2 aliphatic carbocycles. The number of rotatable bonds is 4. The van der Waals surface area contributed by atoms with Gasteiger partial charge in [-0.2, -0.15) is 0 Å². The summed E-state index contributed by atoms with van der Waals surface area (Å²) >= 11 is 0. The topological polar surface area (TPSA) is 71.8 Å². The van der Waals surface area contributed by atoms with Crippen LogP contribution in [0.3, 0.4) is 0 Å². The average Bonchev–Trinajstić information content (AvgIpc) is 3.56. The number of nitrogens with zero attached hydrogens (tertiary/aromatic N) is 2. The van der Waals surface area contributed by atoms with Gasteiger partial charge in [0.15, 0.2) is 11.6 Å². The van der Waals surface area contributed by atoms with Crippen LogP contribution in [0, 0.1) is 17.2 Å². The number of methoxy groups -OCH3 is 1. The minimum Gasteiger partial charge on any atom is -0.492 e. The molecule has 5 rings (SSSR count). The van der Waals surface area contributed by atoms with Crippen LogP contribution in [0.25, 0.3) is 10.9 Å². The van der Waals surface area contributed by atoms with Crippen molar-refractivity contribution < 1.29 is 56.1 Å². The first-order valence-corrected chi connectivity index (χ1v) is 9.85. The molecule has 30 heavy (non-hydrogen) atoms. The number of carboxylic acids is 1. The van der Waals surface area contributed by atoms with Gasteiger partial charge in [0.1, 0.15) is 17.4 Å². The Labute approximate surface area is 197 Å². The molecule has 0 unspecified atom stereocenters. The molecular formula is C21H22F2N2O4Y. The summed E-state index contributed by atoms with van der Waals surface area (Å²) in [5.41, 5.74) is -0.564. The van der Waals surface area contributed by atoms with E-state index in [1.165, 1.54) is 11.7 Å². The number of aromatic nitrogens is 1. The van der Waals surface area contributed by atoms with Crippen LogP contribution in [0.5, 0.6) is 5.75 Å². The molecule has 2 saturated carbocycles. The van der Waals surface area contributed by atoms with Crippen molar-refractivity contribution >= 4 is 22.6 Å². The summed E-state index contributed by atoms with van der Waals surface area (Å²) in [5.74, 6) is -1.47. The Morgan fingerprint density at radius 3 is 2.53 bits per heavy atom. The summed E-state index contributed by atoms with van der Waals surface area (Å²) < 4.78 is 36.2. The molecule has 1 spiro atoms. The van der Waals surface area contributed by atoms with Gasteiger partial charge < -0.3 is 19.3 Å². The number of anilines is 1. The third-order valence-electron chi connectivity index (χ3n) is 6.92. The maximum absolute atomic E-state index is 15.3. The number of alkyl halides is 1. The molecule has 6 nitrogen and oxygen atoms in total. The fourth-order valence-corrected chi connectivity index (χ4v) is 4.89. The van der Waals surface area contributed by atoms with Crippen molar-refractivity contribution in [2.45, 2.75) is 38.4 Å². The van der Waals surface area contributed by atoms with E-state index in [-0.39, 0.29) is 66.9 Å². The zero-order valence-corrected chi connectivity index (χ0v) is 19.7. The number of pyridine rings is 1. The van der Waals surface area contributed by atoms with Gasteiger partial charge in [-0.25, -0.2) is 13.6 Å². The summed E-state index contributed by atoms with van der Waals surface area (Å²) in [6, 6.07) is 0.493. The van der Waals surface area contributed by atoms with Crippen molar-refractivity contribution in [3.05, 3.63) is 33.9 Å². The van der Waals surface area contributed by atoms with Gasteiger partial charge in [0.2, 0.25) is 5.43 Å². The van der Waals surface area contributed by atoms with E-state index < -0.39 is 35.0 Å². The SMILES string of the molecule is COc1c(N2C[C@@H](C)C3(CC3)C2)c(F)cc2c(=O)c(C(=O)O)cn([C@@H]3C[C@@H]3F)c12.[Y]. The zero-order chi connectivity index (χ0) is 20.7. The molecule has 2 aromatic rings. The Morgan fingerprint density at radius 1 is 1.37 bits per heavy atom. The van der Waals surface area contributed by atoms with Crippen molar-refractivity contribution in [3.63, 3.8) is 0 Å². The van der Waals surface area contributed by atoms with Crippen molar-refractivity contribution in [2.24, 2.45) is 11.3 Å². The van der Waals surface area contributed by atoms with Gasteiger partial charge in [-0.3, -0.25) is 4.79 Å². The number of ether oxygens (including phenoxy) is 1. The maximum Gasteiger partial charge on any atom is 0.341 e. The number of carbonyl (C=O) groups is 1. The van der Waals surface area contributed by atoms with Crippen LogP contribution in [0.2, 0.25) is 0 Å². The van der Waals surface area contributed by atoms with E-state index in [2.05, 4.69) is 6.92 Å². The number of fused-ring (bicyclic) bond motifs is 1. The zero-order valence-electron chi connectivity index (χ0n) is 16.8. The normalized spacial score (nSPS) is 26.0. The summed E-state index contributed by atoms with van der Waals surface area (Å²) in [6.07, 6.45) is 2.47. The summed E-state index contributed by atoms with van der Waals surface area (Å²) in [4.78, 5) is 26.2. The van der Waals surface area contributed by atoms with Gasteiger partial charge in [-0.05, 0) is 30.2 Å². The molecule has 9 heteroatoms. The molecule has 0 bridgehead atoms. The van der Waals surface area contributed by atoms with E-state index in [4.69, 9.17) is 4.74 Å². The molecule has 1 saturated heterocycles.